The van der Waals surface area contributed by atoms with Crippen molar-refractivity contribution in [2.24, 2.45) is 0 Å². The van der Waals surface area contributed by atoms with Crippen LogP contribution in [-0.4, -0.2) is 37.2 Å². The van der Waals surface area contributed by atoms with Crippen molar-refractivity contribution >= 4 is 18.0 Å². The van der Waals surface area contributed by atoms with E-state index in [-0.39, 0.29) is 19.4 Å². The molecule has 0 spiro atoms. The van der Waals surface area contributed by atoms with Gasteiger partial charge in [-0.15, -0.1) is 0 Å². The number of aryl methyl sites for hydroxylation is 2. The number of benzene rings is 3. The van der Waals surface area contributed by atoms with Crippen molar-refractivity contribution in [3.63, 3.8) is 0 Å². The minimum absolute atomic E-state index is 0.0731. The molecule has 0 bridgehead atoms. The monoisotopic (exact) mass is 488 g/mol. The van der Waals surface area contributed by atoms with Crippen LogP contribution < -0.4 is 10.6 Å². The van der Waals surface area contributed by atoms with Gasteiger partial charge in [0.2, 0.25) is 5.91 Å². The molecule has 7 nitrogen and oxygen atoms in total. The molecule has 2 atom stereocenters. The zero-order chi connectivity index (χ0) is 25.9. The van der Waals surface area contributed by atoms with Gasteiger partial charge in [-0.2, -0.15) is 0 Å². The molecule has 0 heterocycles. The summed E-state index contributed by atoms with van der Waals surface area (Å²) in [4.78, 5) is 38.5. The number of methoxy groups -OCH3 is 1. The maximum Gasteiger partial charge on any atom is 0.408 e. The Morgan fingerprint density at radius 3 is 1.89 bits per heavy atom. The van der Waals surface area contributed by atoms with Crippen LogP contribution in [0.1, 0.15) is 27.8 Å². The van der Waals surface area contributed by atoms with Crippen LogP contribution in [0.5, 0.6) is 0 Å². The van der Waals surface area contributed by atoms with Crippen molar-refractivity contribution in [3.05, 3.63) is 107 Å². The lowest BCUT2D eigenvalue weighted by atomic mass is 9.96. The van der Waals surface area contributed by atoms with Gasteiger partial charge in [0.15, 0.2) is 0 Å². The number of hydrogen-bond donors (Lipinski definition) is 2. The number of carbonyl (C=O) groups excluding carboxylic acids is 3. The van der Waals surface area contributed by atoms with Gasteiger partial charge in [-0.25, -0.2) is 9.59 Å². The van der Waals surface area contributed by atoms with E-state index in [2.05, 4.69) is 10.6 Å². The number of nitrogens with one attached hydrogen (secondary N) is 2. The summed E-state index contributed by atoms with van der Waals surface area (Å²) in [6.07, 6.45) is -0.225. The number of esters is 1. The van der Waals surface area contributed by atoms with Gasteiger partial charge < -0.3 is 20.1 Å². The third-order valence-corrected chi connectivity index (χ3v) is 5.96. The number of amides is 2. The van der Waals surface area contributed by atoms with Crippen molar-refractivity contribution in [3.8, 4) is 0 Å². The summed E-state index contributed by atoms with van der Waals surface area (Å²) < 4.78 is 10.3. The maximum atomic E-state index is 13.4. The fourth-order valence-electron chi connectivity index (χ4n) is 3.95. The smallest absolute Gasteiger partial charge is 0.408 e. The summed E-state index contributed by atoms with van der Waals surface area (Å²) >= 11 is 0. The van der Waals surface area contributed by atoms with Gasteiger partial charge >= 0.3 is 12.1 Å². The van der Waals surface area contributed by atoms with E-state index in [0.717, 1.165) is 27.8 Å². The quantitative estimate of drug-likeness (QED) is 0.420. The molecular weight excluding hydrogens is 456 g/mol. The SMILES string of the molecule is COC(=O)[C@H](Cc1c(C)cccc1C)NC(=O)[C@@H](Cc1ccccc1)NC(=O)OCc1ccccc1. The van der Waals surface area contributed by atoms with Crippen LogP contribution in [0.3, 0.4) is 0 Å². The average Bonchev–Trinajstić information content (AvgIpc) is 2.89. The van der Waals surface area contributed by atoms with Gasteiger partial charge in [-0.05, 0) is 41.7 Å². The molecule has 0 unspecified atom stereocenters. The Labute approximate surface area is 211 Å². The molecule has 2 N–H and O–H groups in total. The van der Waals surface area contributed by atoms with Crippen LogP contribution in [0.15, 0.2) is 78.9 Å². The molecular formula is C29H32N2O5. The Morgan fingerprint density at radius 1 is 0.722 bits per heavy atom. The van der Waals surface area contributed by atoms with Crippen molar-refractivity contribution in [2.45, 2.75) is 45.4 Å². The molecule has 0 fully saturated rings. The van der Waals surface area contributed by atoms with Crippen LogP contribution in [0.25, 0.3) is 0 Å². The molecule has 7 heteroatoms. The van der Waals surface area contributed by atoms with Gasteiger partial charge in [0.25, 0.3) is 0 Å². The molecule has 0 aliphatic rings. The van der Waals surface area contributed by atoms with Crippen molar-refractivity contribution in [2.75, 3.05) is 7.11 Å². The van der Waals surface area contributed by atoms with E-state index in [0.29, 0.717) is 0 Å². The zero-order valence-corrected chi connectivity index (χ0v) is 20.8. The molecule has 3 rings (SSSR count). The fraction of sp³-hybridized carbons (Fsp3) is 0.276. The first-order chi connectivity index (χ1) is 17.4. The third-order valence-electron chi connectivity index (χ3n) is 5.96. The minimum Gasteiger partial charge on any atom is -0.467 e. The van der Waals surface area contributed by atoms with Crippen LogP contribution in [0, 0.1) is 13.8 Å². The molecule has 0 saturated carbocycles. The molecule has 0 saturated heterocycles. The van der Waals surface area contributed by atoms with Gasteiger partial charge in [0, 0.05) is 12.8 Å². The average molecular weight is 489 g/mol. The molecule has 0 aliphatic carbocycles. The molecule has 0 aliphatic heterocycles. The van der Waals surface area contributed by atoms with Crippen molar-refractivity contribution in [1.82, 2.24) is 10.6 Å². The van der Waals surface area contributed by atoms with Gasteiger partial charge in [-0.3, -0.25) is 4.79 Å². The molecule has 3 aromatic rings. The Morgan fingerprint density at radius 2 is 1.31 bits per heavy atom. The predicted molar refractivity (Wildman–Crippen MR) is 137 cm³/mol. The van der Waals surface area contributed by atoms with Gasteiger partial charge in [-0.1, -0.05) is 78.9 Å². The highest BCUT2D eigenvalue weighted by Crippen LogP contribution is 2.16. The summed E-state index contributed by atoms with van der Waals surface area (Å²) in [6.45, 7) is 3.99. The Hall–Kier alpha value is -4.13. The van der Waals surface area contributed by atoms with Crippen LogP contribution in [0.4, 0.5) is 4.79 Å². The topological polar surface area (TPSA) is 93.7 Å². The van der Waals surface area contributed by atoms with E-state index in [9.17, 15) is 14.4 Å². The number of alkyl carbamates (subject to hydrolysis) is 1. The van der Waals surface area contributed by atoms with E-state index in [1.54, 1.807) is 0 Å². The van der Waals surface area contributed by atoms with Crippen molar-refractivity contribution in [1.29, 1.82) is 0 Å². The second kappa shape index (κ2) is 13.1. The predicted octanol–water partition coefficient (Wildman–Crippen LogP) is 4.04. The van der Waals surface area contributed by atoms with Gasteiger partial charge in [0.05, 0.1) is 7.11 Å². The lowest BCUT2D eigenvalue weighted by molar-refractivity contribution is -0.145. The van der Waals surface area contributed by atoms with E-state index in [1.165, 1.54) is 7.11 Å². The zero-order valence-electron chi connectivity index (χ0n) is 20.8. The van der Waals surface area contributed by atoms with E-state index >= 15 is 0 Å². The van der Waals surface area contributed by atoms with Crippen molar-refractivity contribution < 1.29 is 23.9 Å². The Kier molecular flexibility index (Phi) is 9.63. The second-order valence-corrected chi connectivity index (χ2v) is 8.61. The highest BCUT2D eigenvalue weighted by atomic mass is 16.5. The number of carbonyl (C=O) groups is 3. The lowest BCUT2D eigenvalue weighted by Crippen LogP contribution is -2.53. The number of rotatable bonds is 10. The Bertz CT molecular complexity index is 1140. The highest BCUT2D eigenvalue weighted by Gasteiger charge is 2.29. The van der Waals surface area contributed by atoms with Crippen LogP contribution in [0.2, 0.25) is 0 Å². The fourth-order valence-corrected chi connectivity index (χ4v) is 3.95. The lowest BCUT2D eigenvalue weighted by Gasteiger charge is -2.23. The molecule has 0 radical (unpaired) electrons. The summed E-state index contributed by atoms with van der Waals surface area (Å²) in [7, 11) is 1.28. The second-order valence-electron chi connectivity index (χ2n) is 8.61. The standard InChI is InChI=1S/C29H32N2O5/c1-20-11-10-12-21(2)24(20)18-26(28(33)35-3)30-27(32)25(17-22-13-6-4-7-14-22)31-29(34)36-19-23-15-8-5-9-16-23/h4-16,25-26H,17-19H2,1-3H3,(H,30,32)(H,31,34)/t25-,26+/m1/s1. The summed E-state index contributed by atoms with van der Waals surface area (Å²) in [5.41, 5.74) is 4.67. The first kappa shape index (κ1) is 26.5. The highest BCUT2D eigenvalue weighted by molar-refractivity contribution is 5.90. The Balaban J connectivity index is 1.75. The molecule has 0 aromatic heterocycles. The van der Waals surface area contributed by atoms with E-state index in [1.807, 2.05) is 92.7 Å². The van der Waals surface area contributed by atoms with Gasteiger partial charge in [0.1, 0.15) is 18.7 Å². The van der Waals surface area contributed by atoms with Crippen LogP contribution >= 0.6 is 0 Å². The first-order valence-corrected chi connectivity index (χ1v) is 11.8. The summed E-state index contributed by atoms with van der Waals surface area (Å²) in [5, 5.41) is 5.45. The largest absolute Gasteiger partial charge is 0.467 e. The maximum absolute atomic E-state index is 13.4. The molecule has 3 aromatic carbocycles. The normalized spacial score (nSPS) is 12.2. The summed E-state index contributed by atoms with van der Waals surface area (Å²) in [6, 6.07) is 22.6. The summed E-state index contributed by atoms with van der Waals surface area (Å²) in [5.74, 6) is -1.06. The third kappa shape index (κ3) is 7.70. The van der Waals surface area contributed by atoms with E-state index in [4.69, 9.17) is 9.47 Å². The first-order valence-electron chi connectivity index (χ1n) is 11.8. The molecule has 36 heavy (non-hydrogen) atoms. The molecule has 2 amide bonds. The van der Waals surface area contributed by atoms with E-state index < -0.39 is 30.1 Å². The minimum atomic E-state index is -0.958. The molecule has 188 valence electrons. The number of ether oxygens (including phenoxy) is 2. The van der Waals surface area contributed by atoms with Crippen LogP contribution in [-0.2, 0) is 38.5 Å². The number of hydrogen-bond acceptors (Lipinski definition) is 5.